The minimum Gasteiger partial charge on any atom is -0.503 e. The lowest BCUT2D eigenvalue weighted by Crippen LogP contribution is -2.33. The predicted molar refractivity (Wildman–Crippen MR) is 98.3 cm³/mol. The Morgan fingerprint density at radius 1 is 1.04 bits per heavy atom. The van der Waals surface area contributed by atoms with E-state index in [4.69, 9.17) is 0 Å². The lowest BCUT2D eigenvalue weighted by Gasteiger charge is -2.32. The van der Waals surface area contributed by atoms with Crippen molar-refractivity contribution < 1.29 is 14.7 Å². The van der Waals surface area contributed by atoms with Crippen LogP contribution in [0.3, 0.4) is 0 Å². The van der Waals surface area contributed by atoms with Gasteiger partial charge in [0.05, 0.1) is 17.7 Å². The fourth-order valence-electron chi connectivity index (χ4n) is 3.69. The molecule has 1 aliphatic heterocycles. The number of Topliss-reactive ketones (excluding diaryl/α,β-unsaturated/α-hetero) is 1. The highest BCUT2D eigenvalue weighted by atomic mass is 16.3. The lowest BCUT2D eigenvalue weighted by molar-refractivity contribution is -0.131. The van der Waals surface area contributed by atoms with E-state index in [0.717, 1.165) is 24.0 Å². The average Bonchev–Trinajstić information content (AvgIpc) is 3.49. The number of ketones is 1. The van der Waals surface area contributed by atoms with Gasteiger partial charge in [-0.05, 0) is 30.9 Å². The first-order chi connectivity index (χ1) is 12.6. The molecule has 2 aromatic rings. The molecule has 1 fully saturated rings. The smallest absolute Gasteiger partial charge is 0.290 e. The van der Waals surface area contributed by atoms with Gasteiger partial charge in [0.1, 0.15) is 0 Å². The molecule has 132 valence electrons. The van der Waals surface area contributed by atoms with Crippen LogP contribution in [0.15, 0.2) is 72.0 Å². The predicted octanol–water partition coefficient (Wildman–Crippen LogP) is 4.12. The Hall–Kier alpha value is -2.88. The number of benzene rings is 2. The molecular formula is C22H21NO3. The van der Waals surface area contributed by atoms with E-state index in [1.807, 2.05) is 67.6 Å². The molecule has 2 aromatic carbocycles. The van der Waals surface area contributed by atoms with Crippen molar-refractivity contribution in [3.63, 3.8) is 0 Å². The highest BCUT2D eigenvalue weighted by molar-refractivity contribution is 6.10. The molecule has 0 saturated heterocycles. The van der Waals surface area contributed by atoms with Crippen LogP contribution in [0.2, 0.25) is 0 Å². The standard InChI is InChI=1S/C22H21NO3/c1-14(15-8-4-2-5-9-15)23-19(16-10-6-3-7-11-16)18(21(25)22(23)26)20(24)17-12-13-17/h2-11,14,17,19,25H,12-13H2,1H3/t14-,19-/m1/s1. The van der Waals surface area contributed by atoms with E-state index in [2.05, 4.69) is 0 Å². The Kier molecular flexibility index (Phi) is 4.11. The van der Waals surface area contributed by atoms with Crippen molar-refractivity contribution in [1.29, 1.82) is 0 Å². The van der Waals surface area contributed by atoms with Crippen molar-refractivity contribution in [2.75, 3.05) is 0 Å². The number of hydrogen-bond donors (Lipinski definition) is 1. The monoisotopic (exact) mass is 347 g/mol. The van der Waals surface area contributed by atoms with Gasteiger partial charge < -0.3 is 10.0 Å². The molecule has 26 heavy (non-hydrogen) atoms. The molecule has 1 N–H and O–H groups in total. The molecule has 1 aliphatic carbocycles. The van der Waals surface area contributed by atoms with Gasteiger partial charge in [0.15, 0.2) is 11.5 Å². The van der Waals surface area contributed by atoms with Gasteiger partial charge >= 0.3 is 0 Å². The van der Waals surface area contributed by atoms with Crippen LogP contribution in [-0.2, 0) is 9.59 Å². The summed E-state index contributed by atoms with van der Waals surface area (Å²) >= 11 is 0. The van der Waals surface area contributed by atoms with Crippen LogP contribution >= 0.6 is 0 Å². The third-order valence-corrected chi connectivity index (χ3v) is 5.27. The summed E-state index contributed by atoms with van der Waals surface area (Å²) in [7, 11) is 0. The highest BCUT2D eigenvalue weighted by Crippen LogP contribution is 2.46. The Bertz CT molecular complexity index is 869. The molecule has 1 amide bonds. The molecule has 0 aromatic heterocycles. The maximum absolute atomic E-state index is 12.9. The van der Waals surface area contributed by atoms with Crippen molar-refractivity contribution in [3.8, 4) is 0 Å². The van der Waals surface area contributed by atoms with E-state index in [-0.39, 0.29) is 23.3 Å². The summed E-state index contributed by atoms with van der Waals surface area (Å²) in [5, 5.41) is 10.6. The highest BCUT2D eigenvalue weighted by Gasteiger charge is 2.48. The molecule has 0 spiro atoms. The lowest BCUT2D eigenvalue weighted by atomic mass is 9.93. The summed E-state index contributed by atoms with van der Waals surface area (Å²) in [6.07, 6.45) is 1.67. The maximum atomic E-state index is 12.9. The summed E-state index contributed by atoms with van der Waals surface area (Å²) in [5.41, 5.74) is 2.07. The van der Waals surface area contributed by atoms with Gasteiger partial charge in [-0.3, -0.25) is 9.59 Å². The molecule has 0 bridgehead atoms. The van der Waals surface area contributed by atoms with E-state index in [1.54, 1.807) is 4.90 Å². The summed E-state index contributed by atoms with van der Waals surface area (Å²) in [4.78, 5) is 27.4. The molecule has 4 nitrogen and oxygen atoms in total. The van der Waals surface area contributed by atoms with Gasteiger partial charge in [-0.1, -0.05) is 60.7 Å². The van der Waals surface area contributed by atoms with Crippen LogP contribution in [0.5, 0.6) is 0 Å². The van der Waals surface area contributed by atoms with Gasteiger partial charge in [0.25, 0.3) is 5.91 Å². The quantitative estimate of drug-likeness (QED) is 0.885. The summed E-state index contributed by atoms with van der Waals surface area (Å²) in [6.45, 7) is 1.93. The number of carbonyl (C=O) groups excluding carboxylic acids is 2. The SMILES string of the molecule is C[C@H](c1ccccc1)N1C(=O)C(O)=C(C(=O)C2CC2)[C@H]1c1ccccc1. The second kappa shape index (κ2) is 6.45. The summed E-state index contributed by atoms with van der Waals surface area (Å²) < 4.78 is 0. The summed E-state index contributed by atoms with van der Waals surface area (Å²) in [5.74, 6) is -1.01. The van der Waals surface area contributed by atoms with Crippen molar-refractivity contribution in [2.45, 2.75) is 31.8 Å². The Balaban J connectivity index is 1.80. The van der Waals surface area contributed by atoms with Crippen molar-refractivity contribution in [3.05, 3.63) is 83.1 Å². The van der Waals surface area contributed by atoms with E-state index in [1.165, 1.54) is 0 Å². The number of carbonyl (C=O) groups is 2. The van der Waals surface area contributed by atoms with Crippen LogP contribution in [-0.4, -0.2) is 21.7 Å². The van der Waals surface area contributed by atoms with Gasteiger partial charge in [-0.25, -0.2) is 0 Å². The van der Waals surface area contributed by atoms with Crippen LogP contribution < -0.4 is 0 Å². The zero-order chi connectivity index (χ0) is 18.3. The molecule has 2 atom stereocenters. The Labute approximate surface area is 152 Å². The number of aliphatic hydroxyl groups excluding tert-OH is 1. The topological polar surface area (TPSA) is 57.6 Å². The Morgan fingerprint density at radius 3 is 2.19 bits per heavy atom. The molecule has 0 radical (unpaired) electrons. The minimum absolute atomic E-state index is 0.0573. The number of nitrogens with zero attached hydrogens (tertiary/aromatic N) is 1. The van der Waals surface area contributed by atoms with Crippen LogP contribution in [0.4, 0.5) is 0 Å². The normalized spacial score (nSPS) is 21.2. The number of amides is 1. The van der Waals surface area contributed by atoms with Gasteiger partial charge in [0.2, 0.25) is 0 Å². The van der Waals surface area contributed by atoms with E-state index in [0.29, 0.717) is 0 Å². The molecule has 0 unspecified atom stereocenters. The largest absolute Gasteiger partial charge is 0.503 e. The van der Waals surface area contributed by atoms with Gasteiger partial charge in [-0.15, -0.1) is 0 Å². The first-order valence-corrected chi connectivity index (χ1v) is 8.99. The van der Waals surface area contributed by atoms with Gasteiger partial charge in [-0.2, -0.15) is 0 Å². The van der Waals surface area contributed by atoms with Crippen LogP contribution in [0, 0.1) is 5.92 Å². The van der Waals surface area contributed by atoms with Crippen molar-refractivity contribution in [2.24, 2.45) is 5.92 Å². The molecular weight excluding hydrogens is 326 g/mol. The number of aliphatic hydroxyl groups is 1. The second-order valence-corrected chi connectivity index (χ2v) is 7.01. The maximum Gasteiger partial charge on any atom is 0.290 e. The summed E-state index contributed by atoms with van der Waals surface area (Å²) in [6, 6.07) is 18.4. The van der Waals surface area contributed by atoms with Gasteiger partial charge in [0, 0.05) is 5.92 Å². The molecule has 1 heterocycles. The minimum atomic E-state index is -0.549. The Morgan fingerprint density at radius 2 is 1.62 bits per heavy atom. The number of rotatable bonds is 5. The van der Waals surface area contributed by atoms with Crippen molar-refractivity contribution >= 4 is 11.7 Å². The fraction of sp³-hybridized carbons (Fsp3) is 0.273. The van der Waals surface area contributed by atoms with E-state index >= 15 is 0 Å². The van der Waals surface area contributed by atoms with Crippen LogP contribution in [0.1, 0.15) is 43.0 Å². The van der Waals surface area contributed by atoms with E-state index in [9.17, 15) is 14.7 Å². The average molecular weight is 347 g/mol. The zero-order valence-electron chi connectivity index (χ0n) is 14.6. The third kappa shape index (κ3) is 2.71. The molecule has 4 heteroatoms. The molecule has 4 rings (SSSR count). The van der Waals surface area contributed by atoms with Crippen LogP contribution in [0.25, 0.3) is 0 Å². The number of hydrogen-bond acceptors (Lipinski definition) is 3. The second-order valence-electron chi connectivity index (χ2n) is 7.01. The molecule has 2 aliphatic rings. The first kappa shape index (κ1) is 16.6. The molecule has 1 saturated carbocycles. The fourth-order valence-corrected chi connectivity index (χ4v) is 3.69. The zero-order valence-corrected chi connectivity index (χ0v) is 14.6. The third-order valence-electron chi connectivity index (χ3n) is 5.27. The van der Waals surface area contributed by atoms with Crippen molar-refractivity contribution in [1.82, 2.24) is 4.90 Å². The van der Waals surface area contributed by atoms with E-state index < -0.39 is 17.7 Å². The first-order valence-electron chi connectivity index (χ1n) is 8.99.